The van der Waals surface area contributed by atoms with Gasteiger partial charge < -0.3 is 9.64 Å². The summed E-state index contributed by atoms with van der Waals surface area (Å²) < 4.78 is 5.43. The van der Waals surface area contributed by atoms with Crippen LogP contribution < -0.4 is 15.6 Å². The van der Waals surface area contributed by atoms with Gasteiger partial charge in [0.25, 0.3) is 11.8 Å². The van der Waals surface area contributed by atoms with Crippen molar-refractivity contribution in [3.05, 3.63) is 64.7 Å². The zero-order valence-electron chi connectivity index (χ0n) is 18.2. The van der Waals surface area contributed by atoms with Crippen LogP contribution in [0.4, 0.5) is 0 Å². The minimum absolute atomic E-state index is 0.0695. The van der Waals surface area contributed by atoms with Crippen LogP contribution in [0, 0.1) is 26.7 Å². The van der Waals surface area contributed by atoms with Gasteiger partial charge in [-0.2, -0.15) is 0 Å². The molecular formula is C24H29N3O4. The van der Waals surface area contributed by atoms with E-state index in [2.05, 4.69) is 10.9 Å². The molecule has 0 aromatic heterocycles. The van der Waals surface area contributed by atoms with Crippen LogP contribution in [0.3, 0.4) is 0 Å². The number of nitrogens with zero attached hydrogens (tertiary/aromatic N) is 1. The second-order valence-electron chi connectivity index (χ2n) is 8.11. The molecule has 2 aromatic rings. The first-order valence-corrected chi connectivity index (χ1v) is 10.5. The van der Waals surface area contributed by atoms with E-state index in [1.165, 1.54) is 0 Å². The van der Waals surface area contributed by atoms with Crippen LogP contribution in [-0.4, -0.2) is 42.3 Å². The number of hydrogen-bond acceptors (Lipinski definition) is 4. The SMILES string of the molecule is Cc1cccc(OCC(=O)NNC(=O)C2CCCN(C(=O)c3cc(C)cc(C)c3)C2)c1. The highest BCUT2D eigenvalue weighted by Gasteiger charge is 2.29. The third-order valence-corrected chi connectivity index (χ3v) is 5.23. The molecule has 31 heavy (non-hydrogen) atoms. The second-order valence-corrected chi connectivity index (χ2v) is 8.11. The molecule has 2 aromatic carbocycles. The van der Waals surface area contributed by atoms with Crippen LogP contribution in [0.1, 0.15) is 39.9 Å². The van der Waals surface area contributed by atoms with Crippen molar-refractivity contribution in [2.75, 3.05) is 19.7 Å². The Morgan fingerprint density at radius 1 is 1.00 bits per heavy atom. The molecule has 1 fully saturated rings. The number of hydrazine groups is 1. The highest BCUT2D eigenvalue weighted by Crippen LogP contribution is 2.20. The number of piperidine rings is 1. The fourth-order valence-electron chi connectivity index (χ4n) is 3.78. The van der Waals surface area contributed by atoms with Crippen molar-refractivity contribution in [2.24, 2.45) is 5.92 Å². The van der Waals surface area contributed by atoms with Crippen molar-refractivity contribution in [2.45, 2.75) is 33.6 Å². The molecule has 0 bridgehead atoms. The summed E-state index contributed by atoms with van der Waals surface area (Å²) in [4.78, 5) is 39.1. The molecule has 1 heterocycles. The molecule has 0 radical (unpaired) electrons. The zero-order valence-corrected chi connectivity index (χ0v) is 18.2. The van der Waals surface area contributed by atoms with E-state index < -0.39 is 5.91 Å². The lowest BCUT2D eigenvalue weighted by atomic mass is 9.96. The molecule has 7 nitrogen and oxygen atoms in total. The molecule has 3 amide bonds. The number of amides is 3. The molecule has 0 saturated carbocycles. The summed E-state index contributed by atoms with van der Waals surface area (Å²) in [5, 5.41) is 0. The first-order valence-electron chi connectivity index (χ1n) is 10.5. The van der Waals surface area contributed by atoms with Gasteiger partial charge in [0, 0.05) is 18.7 Å². The Balaban J connectivity index is 1.48. The van der Waals surface area contributed by atoms with Crippen LogP contribution in [0.25, 0.3) is 0 Å². The van der Waals surface area contributed by atoms with E-state index in [0.29, 0.717) is 30.8 Å². The summed E-state index contributed by atoms with van der Waals surface area (Å²) in [6.45, 7) is 6.60. The van der Waals surface area contributed by atoms with Crippen molar-refractivity contribution in [1.29, 1.82) is 0 Å². The minimum Gasteiger partial charge on any atom is -0.484 e. The van der Waals surface area contributed by atoms with E-state index in [9.17, 15) is 14.4 Å². The van der Waals surface area contributed by atoms with Crippen LogP contribution in [0.5, 0.6) is 5.75 Å². The Bertz CT molecular complexity index is 953. The Labute approximate surface area is 182 Å². The first-order chi connectivity index (χ1) is 14.8. The lowest BCUT2D eigenvalue weighted by molar-refractivity contribution is -0.132. The number of carbonyl (C=O) groups is 3. The maximum atomic E-state index is 12.9. The van der Waals surface area contributed by atoms with Gasteiger partial charge in [-0.05, 0) is 63.4 Å². The van der Waals surface area contributed by atoms with E-state index >= 15 is 0 Å². The van der Waals surface area contributed by atoms with Crippen molar-refractivity contribution < 1.29 is 19.1 Å². The number of nitrogens with one attached hydrogen (secondary N) is 2. The Hall–Kier alpha value is -3.35. The van der Waals surface area contributed by atoms with Gasteiger partial charge in [-0.3, -0.25) is 25.2 Å². The normalized spacial score (nSPS) is 15.8. The number of ether oxygens (including phenoxy) is 1. The molecule has 1 atom stereocenters. The number of carbonyl (C=O) groups excluding carboxylic acids is 3. The summed E-state index contributed by atoms with van der Waals surface area (Å²) in [6.07, 6.45) is 1.40. The molecule has 1 unspecified atom stereocenters. The zero-order chi connectivity index (χ0) is 22.4. The second kappa shape index (κ2) is 10.1. The van der Waals surface area contributed by atoms with Gasteiger partial charge >= 0.3 is 0 Å². The third kappa shape index (κ3) is 6.31. The van der Waals surface area contributed by atoms with E-state index in [0.717, 1.165) is 23.1 Å². The number of hydrogen-bond donors (Lipinski definition) is 2. The molecule has 1 aliphatic heterocycles. The predicted octanol–water partition coefficient (Wildman–Crippen LogP) is 2.69. The van der Waals surface area contributed by atoms with E-state index in [1.54, 1.807) is 11.0 Å². The highest BCUT2D eigenvalue weighted by molar-refractivity contribution is 5.95. The lowest BCUT2D eigenvalue weighted by Crippen LogP contribution is -2.50. The molecule has 164 valence electrons. The van der Waals surface area contributed by atoms with Crippen LogP contribution in [0.2, 0.25) is 0 Å². The molecule has 3 rings (SSSR count). The molecule has 1 aliphatic rings. The van der Waals surface area contributed by atoms with Crippen molar-refractivity contribution in [3.8, 4) is 5.75 Å². The standard InChI is InChI=1S/C24H29N3O4/c1-16-6-4-8-21(13-16)31-15-22(28)25-26-23(29)19-7-5-9-27(14-19)24(30)20-11-17(2)10-18(3)12-20/h4,6,8,10-13,19H,5,7,9,14-15H2,1-3H3,(H,25,28)(H,26,29). The third-order valence-electron chi connectivity index (χ3n) is 5.23. The molecule has 7 heteroatoms. The summed E-state index contributed by atoms with van der Waals surface area (Å²) in [7, 11) is 0. The smallest absolute Gasteiger partial charge is 0.276 e. The molecule has 2 N–H and O–H groups in total. The molecule has 0 aliphatic carbocycles. The van der Waals surface area contributed by atoms with Gasteiger partial charge in [-0.1, -0.05) is 29.3 Å². The van der Waals surface area contributed by atoms with Gasteiger partial charge in [0.2, 0.25) is 5.91 Å². The Morgan fingerprint density at radius 2 is 1.74 bits per heavy atom. The average Bonchev–Trinajstić information content (AvgIpc) is 2.75. The van der Waals surface area contributed by atoms with Gasteiger partial charge in [0.1, 0.15) is 5.75 Å². The maximum absolute atomic E-state index is 12.9. The fourth-order valence-corrected chi connectivity index (χ4v) is 3.78. The van der Waals surface area contributed by atoms with Crippen LogP contribution >= 0.6 is 0 Å². The van der Waals surface area contributed by atoms with E-state index in [4.69, 9.17) is 4.74 Å². The van der Waals surface area contributed by atoms with E-state index in [1.807, 2.05) is 57.2 Å². The summed E-state index contributed by atoms with van der Waals surface area (Å²) in [5.41, 5.74) is 8.58. The van der Waals surface area contributed by atoms with Crippen molar-refractivity contribution in [3.63, 3.8) is 0 Å². The lowest BCUT2D eigenvalue weighted by Gasteiger charge is -2.32. The van der Waals surface area contributed by atoms with Gasteiger partial charge in [-0.15, -0.1) is 0 Å². The summed E-state index contributed by atoms with van der Waals surface area (Å²) in [5.74, 6) is -0.605. The van der Waals surface area contributed by atoms with Crippen LogP contribution in [-0.2, 0) is 9.59 Å². The fraction of sp³-hybridized carbons (Fsp3) is 0.375. The quantitative estimate of drug-likeness (QED) is 0.724. The van der Waals surface area contributed by atoms with E-state index in [-0.39, 0.29) is 24.3 Å². The average molecular weight is 424 g/mol. The van der Waals surface area contributed by atoms with Crippen molar-refractivity contribution in [1.82, 2.24) is 15.8 Å². The molecule has 1 saturated heterocycles. The highest BCUT2D eigenvalue weighted by atomic mass is 16.5. The predicted molar refractivity (Wildman–Crippen MR) is 118 cm³/mol. The molecular weight excluding hydrogens is 394 g/mol. The van der Waals surface area contributed by atoms with Gasteiger partial charge in [0.05, 0.1) is 5.92 Å². The number of aryl methyl sites for hydroxylation is 3. The maximum Gasteiger partial charge on any atom is 0.276 e. The van der Waals surface area contributed by atoms with Gasteiger partial charge in [0.15, 0.2) is 6.61 Å². The number of rotatable bonds is 5. The largest absolute Gasteiger partial charge is 0.484 e. The number of benzene rings is 2. The van der Waals surface area contributed by atoms with Crippen molar-refractivity contribution >= 4 is 17.7 Å². The first kappa shape index (κ1) is 22.3. The van der Waals surface area contributed by atoms with Crippen LogP contribution in [0.15, 0.2) is 42.5 Å². The summed E-state index contributed by atoms with van der Waals surface area (Å²) >= 11 is 0. The number of likely N-dealkylation sites (tertiary alicyclic amines) is 1. The topological polar surface area (TPSA) is 87.7 Å². The monoisotopic (exact) mass is 423 g/mol. The van der Waals surface area contributed by atoms with Gasteiger partial charge in [-0.25, -0.2) is 0 Å². The summed E-state index contributed by atoms with van der Waals surface area (Å²) in [6, 6.07) is 13.1. The Morgan fingerprint density at radius 3 is 2.45 bits per heavy atom. The molecule has 0 spiro atoms. The Kier molecular flexibility index (Phi) is 7.28. The minimum atomic E-state index is -0.450.